The summed E-state index contributed by atoms with van der Waals surface area (Å²) in [7, 11) is 0. The average Bonchev–Trinajstić information content (AvgIpc) is 3.46. The second-order valence-corrected chi connectivity index (χ2v) is 8.85. The van der Waals surface area contributed by atoms with Crippen LogP contribution in [0.2, 0.25) is 0 Å². The van der Waals surface area contributed by atoms with E-state index in [9.17, 15) is 22.4 Å². The van der Waals surface area contributed by atoms with Crippen LogP contribution in [-0.4, -0.2) is 50.9 Å². The van der Waals surface area contributed by atoms with Gasteiger partial charge in [-0.1, -0.05) is 6.07 Å². The van der Waals surface area contributed by atoms with Crippen molar-refractivity contribution in [3.05, 3.63) is 71.9 Å². The minimum absolute atomic E-state index is 0.0641. The van der Waals surface area contributed by atoms with Gasteiger partial charge in [0.05, 0.1) is 28.8 Å². The fraction of sp³-hybridized carbons (Fsp3) is 0.360. The van der Waals surface area contributed by atoms with Crippen molar-refractivity contribution in [2.24, 2.45) is 5.92 Å². The number of carbonyl (C=O) groups excluding carboxylic acids is 1. The maximum atomic E-state index is 14.8. The molecule has 2 unspecified atom stereocenters. The molecule has 2 fully saturated rings. The molecule has 0 spiro atoms. The number of carbonyl (C=O) groups is 1. The molecule has 1 aliphatic carbocycles. The van der Waals surface area contributed by atoms with Crippen molar-refractivity contribution >= 4 is 11.7 Å². The van der Waals surface area contributed by atoms with Gasteiger partial charge in [-0.15, -0.1) is 0 Å². The van der Waals surface area contributed by atoms with Gasteiger partial charge in [0.1, 0.15) is 11.6 Å². The first-order valence-corrected chi connectivity index (χ1v) is 11.4. The SMILES string of the molecule is CCN(c1ccc(C(F)(F)F)cn1)C1C[C@H]2CC1N(C(=O)c1cccc(F)c1-c1ncccn1)C2. The lowest BCUT2D eigenvalue weighted by atomic mass is 10.00. The van der Waals surface area contributed by atoms with Crippen molar-refractivity contribution in [2.45, 2.75) is 38.0 Å². The zero-order chi connectivity index (χ0) is 24.7. The summed E-state index contributed by atoms with van der Waals surface area (Å²) >= 11 is 0. The highest BCUT2D eigenvalue weighted by atomic mass is 19.4. The number of nitrogens with zero attached hydrogens (tertiary/aromatic N) is 5. The predicted octanol–water partition coefficient (Wildman–Crippen LogP) is 4.83. The van der Waals surface area contributed by atoms with E-state index in [1.54, 1.807) is 17.0 Å². The second-order valence-electron chi connectivity index (χ2n) is 8.85. The van der Waals surface area contributed by atoms with Crippen LogP contribution in [0.5, 0.6) is 0 Å². The van der Waals surface area contributed by atoms with E-state index in [1.165, 1.54) is 30.6 Å². The van der Waals surface area contributed by atoms with E-state index in [2.05, 4.69) is 15.0 Å². The first kappa shape index (κ1) is 23.2. The van der Waals surface area contributed by atoms with Crippen LogP contribution in [0.1, 0.15) is 35.7 Å². The smallest absolute Gasteiger partial charge is 0.352 e. The molecule has 3 aromatic rings. The standard InChI is InChI=1S/C25H23F4N5O/c1-2-33(21-8-7-16(13-32-21)25(27,28)29)19-11-15-12-20(19)34(14-15)24(35)17-5-3-6-18(26)22(17)23-30-9-4-10-31-23/h3-10,13,15,19-20H,2,11-12,14H2,1H3/t15-,19?,20?/m0/s1. The third kappa shape index (κ3) is 4.21. The molecular formula is C25H23F4N5O. The van der Waals surface area contributed by atoms with Gasteiger partial charge in [-0.25, -0.2) is 19.3 Å². The molecule has 5 rings (SSSR count). The second kappa shape index (κ2) is 8.90. The summed E-state index contributed by atoms with van der Waals surface area (Å²) in [5.74, 6) is -0.0521. The number of hydrogen-bond acceptors (Lipinski definition) is 5. The minimum atomic E-state index is -4.46. The average molecular weight is 485 g/mol. The highest BCUT2D eigenvalue weighted by Gasteiger charge is 2.49. The molecule has 35 heavy (non-hydrogen) atoms. The van der Waals surface area contributed by atoms with Crippen LogP contribution in [-0.2, 0) is 6.18 Å². The summed E-state index contributed by atoms with van der Waals surface area (Å²) in [6, 6.07) is 8.10. The lowest BCUT2D eigenvalue weighted by Gasteiger charge is -2.40. The van der Waals surface area contributed by atoms with Crippen LogP contribution >= 0.6 is 0 Å². The van der Waals surface area contributed by atoms with Crippen LogP contribution in [0.4, 0.5) is 23.4 Å². The van der Waals surface area contributed by atoms with Crippen LogP contribution in [0.15, 0.2) is 55.0 Å². The molecule has 2 aliphatic rings. The number of pyridine rings is 1. The number of amides is 1. The number of rotatable bonds is 5. The molecule has 1 amide bonds. The number of likely N-dealkylation sites (N-methyl/N-ethyl adjacent to an activating group) is 1. The number of likely N-dealkylation sites (tertiary alicyclic amines) is 1. The molecule has 1 aromatic carbocycles. The maximum Gasteiger partial charge on any atom is 0.417 e. The molecule has 3 atom stereocenters. The highest BCUT2D eigenvalue weighted by Crippen LogP contribution is 2.43. The molecule has 1 saturated heterocycles. The Morgan fingerprint density at radius 1 is 1.09 bits per heavy atom. The Bertz CT molecular complexity index is 1220. The molecule has 1 saturated carbocycles. The van der Waals surface area contributed by atoms with Crippen LogP contribution < -0.4 is 4.90 Å². The first-order chi connectivity index (χ1) is 16.8. The number of anilines is 1. The van der Waals surface area contributed by atoms with E-state index >= 15 is 0 Å². The Balaban J connectivity index is 1.43. The fourth-order valence-electron chi connectivity index (χ4n) is 5.36. The van der Waals surface area contributed by atoms with Gasteiger partial charge in [-0.05, 0) is 56.0 Å². The number of aromatic nitrogens is 3. The molecule has 182 valence electrons. The van der Waals surface area contributed by atoms with Crippen LogP contribution in [0, 0.1) is 11.7 Å². The zero-order valence-electron chi connectivity index (χ0n) is 18.9. The van der Waals surface area contributed by atoms with Crippen molar-refractivity contribution in [1.29, 1.82) is 0 Å². The van der Waals surface area contributed by atoms with E-state index < -0.39 is 17.6 Å². The van der Waals surface area contributed by atoms with E-state index in [0.717, 1.165) is 25.1 Å². The molecular weight excluding hydrogens is 462 g/mol. The molecule has 2 aromatic heterocycles. The monoisotopic (exact) mass is 485 g/mol. The van der Waals surface area contributed by atoms with Crippen molar-refractivity contribution in [1.82, 2.24) is 19.9 Å². The van der Waals surface area contributed by atoms with Crippen molar-refractivity contribution in [2.75, 3.05) is 18.0 Å². The zero-order valence-corrected chi connectivity index (χ0v) is 18.9. The number of fused-ring (bicyclic) bond motifs is 2. The molecule has 0 N–H and O–H groups in total. The predicted molar refractivity (Wildman–Crippen MR) is 121 cm³/mol. The van der Waals surface area contributed by atoms with Crippen LogP contribution in [0.25, 0.3) is 11.4 Å². The Morgan fingerprint density at radius 2 is 1.86 bits per heavy atom. The van der Waals surface area contributed by atoms with Crippen LogP contribution in [0.3, 0.4) is 0 Å². The summed E-state index contributed by atoms with van der Waals surface area (Å²) in [6.07, 6.45) is 0.958. The molecule has 1 aliphatic heterocycles. The fourth-order valence-corrected chi connectivity index (χ4v) is 5.36. The summed E-state index contributed by atoms with van der Waals surface area (Å²) in [5.41, 5.74) is -0.545. The number of alkyl halides is 3. The number of piperidine rings is 1. The lowest BCUT2D eigenvalue weighted by Crippen LogP contribution is -2.52. The van der Waals surface area contributed by atoms with E-state index in [1.807, 2.05) is 11.8 Å². The third-order valence-corrected chi connectivity index (χ3v) is 6.85. The van der Waals surface area contributed by atoms with Crippen molar-refractivity contribution < 1.29 is 22.4 Å². The Kier molecular flexibility index (Phi) is 5.90. The van der Waals surface area contributed by atoms with Gasteiger partial charge in [0.2, 0.25) is 0 Å². The largest absolute Gasteiger partial charge is 0.417 e. The quantitative estimate of drug-likeness (QED) is 0.485. The van der Waals surface area contributed by atoms with Crippen molar-refractivity contribution in [3.8, 4) is 11.4 Å². The molecule has 6 nitrogen and oxygen atoms in total. The topological polar surface area (TPSA) is 62.2 Å². The van der Waals surface area contributed by atoms with Gasteiger partial charge in [0, 0.05) is 31.7 Å². The number of halogens is 4. The normalized spacial score (nSPS) is 21.4. The summed E-state index contributed by atoms with van der Waals surface area (Å²) in [5, 5.41) is 0. The van der Waals surface area contributed by atoms with Gasteiger partial charge < -0.3 is 9.80 Å². The Labute approximate surface area is 199 Å². The van der Waals surface area contributed by atoms with Gasteiger partial charge in [0.25, 0.3) is 5.91 Å². The summed E-state index contributed by atoms with van der Waals surface area (Å²) < 4.78 is 53.8. The summed E-state index contributed by atoms with van der Waals surface area (Å²) in [4.78, 5) is 29.7. The van der Waals surface area contributed by atoms with E-state index in [4.69, 9.17) is 0 Å². The van der Waals surface area contributed by atoms with E-state index in [0.29, 0.717) is 18.9 Å². The minimum Gasteiger partial charge on any atom is -0.352 e. The van der Waals surface area contributed by atoms with Gasteiger partial charge in [-0.2, -0.15) is 13.2 Å². The molecule has 10 heteroatoms. The molecule has 2 bridgehead atoms. The van der Waals surface area contributed by atoms with Crippen molar-refractivity contribution in [3.63, 3.8) is 0 Å². The highest BCUT2D eigenvalue weighted by molar-refractivity contribution is 6.00. The maximum absolute atomic E-state index is 14.8. The molecule has 0 radical (unpaired) electrons. The number of benzene rings is 1. The number of hydrogen-bond donors (Lipinski definition) is 0. The lowest BCUT2D eigenvalue weighted by molar-refractivity contribution is -0.137. The van der Waals surface area contributed by atoms with Gasteiger partial charge in [-0.3, -0.25) is 4.79 Å². The summed E-state index contributed by atoms with van der Waals surface area (Å²) in [6.45, 7) is 2.98. The first-order valence-electron chi connectivity index (χ1n) is 11.4. The Hall–Kier alpha value is -3.56. The third-order valence-electron chi connectivity index (χ3n) is 6.85. The van der Waals surface area contributed by atoms with Gasteiger partial charge in [0.15, 0.2) is 5.82 Å². The van der Waals surface area contributed by atoms with Gasteiger partial charge >= 0.3 is 6.18 Å². The molecule has 3 heterocycles. The Morgan fingerprint density at radius 3 is 2.49 bits per heavy atom. The van der Waals surface area contributed by atoms with E-state index in [-0.39, 0.29) is 40.9 Å².